The number of non-ortho nitro benzene ring substituents is 1. The van der Waals surface area contributed by atoms with Gasteiger partial charge in [0.05, 0.1) is 15.6 Å². The summed E-state index contributed by atoms with van der Waals surface area (Å²) >= 11 is 5.99. The fraction of sp³-hybridized carbons (Fsp3) is 0.500. The van der Waals surface area contributed by atoms with Crippen LogP contribution >= 0.6 is 11.6 Å². The summed E-state index contributed by atoms with van der Waals surface area (Å²) in [4.78, 5) is 22.6. The first-order chi connectivity index (χ1) is 9.54. The van der Waals surface area contributed by atoms with Gasteiger partial charge in [0.25, 0.3) is 5.69 Å². The molecule has 1 aromatic carbocycles. The predicted octanol–water partition coefficient (Wildman–Crippen LogP) is 3.62. The quantitative estimate of drug-likeness (QED) is 0.683. The first-order valence-electron chi connectivity index (χ1n) is 6.79. The number of benzene rings is 1. The summed E-state index contributed by atoms with van der Waals surface area (Å²) in [7, 11) is 0. The molecule has 3 rings (SSSR count). The standard InChI is InChI=1S/C14H15ClN2O3/c15-12-4-3-10(17(19)20)7-13(12)16-14(18)11-6-8-1-2-9(11)5-8/h3-4,7-9,11H,1-2,5-6H2,(H,16,18)/t8-,9+,11+/m1/s1. The second kappa shape index (κ2) is 5.05. The van der Waals surface area contributed by atoms with Gasteiger partial charge in [-0.25, -0.2) is 0 Å². The number of nitrogens with one attached hydrogen (secondary N) is 1. The molecule has 0 radical (unpaired) electrons. The van der Waals surface area contributed by atoms with Gasteiger partial charge in [-0.1, -0.05) is 18.0 Å². The number of nitro benzene ring substituents is 1. The van der Waals surface area contributed by atoms with E-state index >= 15 is 0 Å². The van der Waals surface area contributed by atoms with Crippen LogP contribution in [0.3, 0.4) is 0 Å². The SMILES string of the molecule is O=C(Nc1cc([N+](=O)[O-])ccc1Cl)[C@H]1C[C@@H]2CC[C@H]1C2. The molecule has 0 spiro atoms. The van der Waals surface area contributed by atoms with E-state index < -0.39 is 4.92 Å². The maximum absolute atomic E-state index is 12.3. The van der Waals surface area contributed by atoms with Crippen molar-refractivity contribution in [2.24, 2.45) is 17.8 Å². The van der Waals surface area contributed by atoms with E-state index in [0.717, 1.165) is 19.3 Å². The van der Waals surface area contributed by atoms with Gasteiger partial charge < -0.3 is 5.32 Å². The summed E-state index contributed by atoms with van der Waals surface area (Å²) in [5.41, 5.74) is 0.256. The van der Waals surface area contributed by atoms with E-state index in [1.807, 2.05) is 0 Å². The molecule has 0 aromatic heterocycles. The van der Waals surface area contributed by atoms with Crippen molar-refractivity contribution in [3.63, 3.8) is 0 Å². The largest absolute Gasteiger partial charge is 0.324 e. The molecule has 0 saturated heterocycles. The third-order valence-corrected chi connectivity index (χ3v) is 4.82. The van der Waals surface area contributed by atoms with Gasteiger partial charge >= 0.3 is 0 Å². The average Bonchev–Trinajstić information content (AvgIpc) is 3.03. The van der Waals surface area contributed by atoms with Crippen LogP contribution in [0.4, 0.5) is 11.4 Å². The van der Waals surface area contributed by atoms with Crippen LogP contribution in [0.2, 0.25) is 5.02 Å². The van der Waals surface area contributed by atoms with Crippen molar-refractivity contribution < 1.29 is 9.72 Å². The van der Waals surface area contributed by atoms with Gasteiger partial charge in [-0.3, -0.25) is 14.9 Å². The lowest BCUT2D eigenvalue weighted by Gasteiger charge is -2.21. The Morgan fingerprint density at radius 2 is 2.15 bits per heavy atom. The van der Waals surface area contributed by atoms with Crippen molar-refractivity contribution in [2.45, 2.75) is 25.7 Å². The lowest BCUT2D eigenvalue weighted by Crippen LogP contribution is -2.27. The van der Waals surface area contributed by atoms with Crippen LogP contribution < -0.4 is 5.32 Å². The Morgan fingerprint density at radius 1 is 1.35 bits per heavy atom. The zero-order valence-corrected chi connectivity index (χ0v) is 11.6. The molecule has 1 N–H and O–H groups in total. The minimum absolute atomic E-state index is 0.0316. The number of hydrogen-bond donors (Lipinski definition) is 1. The smallest absolute Gasteiger partial charge is 0.271 e. The maximum Gasteiger partial charge on any atom is 0.271 e. The monoisotopic (exact) mass is 294 g/mol. The minimum Gasteiger partial charge on any atom is -0.324 e. The van der Waals surface area contributed by atoms with Crippen LogP contribution in [0.25, 0.3) is 0 Å². The van der Waals surface area contributed by atoms with Crippen LogP contribution in [0, 0.1) is 27.9 Å². The first-order valence-corrected chi connectivity index (χ1v) is 7.17. The molecule has 1 aromatic rings. The Kier molecular flexibility index (Phi) is 3.38. The van der Waals surface area contributed by atoms with E-state index in [9.17, 15) is 14.9 Å². The minimum atomic E-state index is -0.497. The fourth-order valence-electron chi connectivity index (χ4n) is 3.51. The molecule has 2 aliphatic rings. The number of anilines is 1. The van der Waals surface area contributed by atoms with E-state index in [-0.39, 0.29) is 17.5 Å². The van der Waals surface area contributed by atoms with Gasteiger partial charge in [0.1, 0.15) is 0 Å². The molecule has 5 nitrogen and oxygen atoms in total. The van der Waals surface area contributed by atoms with E-state index in [4.69, 9.17) is 11.6 Å². The molecule has 3 atom stereocenters. The van der Waals surface area contributed by atoms with Gasteiger partial charge in [-0.2, -0.15) is 0 Å². The molecular formula is C14H15ClN2O3. The number of amides is 1. The number of halogens is 1. The van der Waals surface area contributed by atoms with Gasteiger partial charge in [0.2, 0.25) is 5.91 Å². The van der Waals surface area contributed by atoms with E-state index in [2.05, 4.69) is 5.32 Å². The maximum atomic E-state index is 12.3. The average molecular weight is 295 g/mol. The normalized spacial score (nSPS) is 27.6. The summed E-state index contributed by atoms with van der Waals surface area (Å²) in [5, 5.41) is 13.8. The summed E-state index contributed by atoms with van der Waals surface area (Å²) in [5.74, 6) is 1.12. The van der Waals surface area contributed by atoms with E-state index in [0.29, 0.717) is 22.5 Å². The Bertz CT molecular complexity index is 576. The Balaban J connectivity index is 1.75. The molecule has 106 valence electrons. The van der Waals surface area contributed by atoms with Crippen LogP contribution in [0.5, 0.6) is 0 Å². The number of rotatable bonds is 3. The third kappa shape index (κ3) is 2.38. The molecule has 20 heavy (non-hydrogen) atoms. The highest BCUT2D eigenvalue weighted by molar-refractivity contribution is 6.33. The number of fused-ring (bicyclic) bond motifs is 2. The molecule has 6 heteroatoms. The molecule has 0 unspecified atom stereocenters. The highest BCUT2D eigenvalue weighted by Gasteiger charge is 2.43. The van der Waals surface area contributed by atoms with Gasteiger partial charge in [0, 0.05) is 18.1 Å². The van der Waals surface area contributed by atoms with Gasteiger partial charge in [-0.05, 0) is 37.2 Å². The molecular weight excluding hydrogens is 280 g/mol. The Hall–Kier alpha value is -1.62. The molecule has 2 bridgehead atoms. The lowest BCUT2D eigenvalue weighted by atomic mass is 9.88. The second-order valence-electron chi connectivity index (χ2n) is 5.69. The van der Waals surface area contributed by atoms with Crippen molar-refractivity contribution in [1.82, 2.24) is 0 Å². The molecule has 2 aliphatic carbocycles. The predicted molar refractivity (Wildman–Crippen MR) is 75.7 cm³/mol. The topological polar surface area (TPSA) is 72.2 Å². The number of carbonyl (C=O) groups excluding carboxylic acids is 1. The summed E-state index contributed by atoms with van der Waals surface area (Å²) in [6.07, 6.45) is 4.42. The van der Waals surface area contributed by atoms with Crippen molar-refractivity contribution >= 4 is 28.9 Å². The second-order valence-corrected chi connectivity index (χ2v) is 6.10. The van der Waals surface area contributed by atoms with E-state index in [1.54, 1.807) is 0 Å². The first kappa shape index (κ1) is 13.4. The van der Waals surface area contributed by atoms with Crippen molar-refractivity contribution in [3.05, 3.63) is 33.3 Å². The van der Waals surface area contributed by atoms with Crippen molar-refractivity contribution in [1.29, 1.82) is 0 Å². The molecule has 2 saturated carbocycles. The lowest BCUT2D eigenvalue weighted by molar-refractivity contribution is -0.384. The highest BCUT2D eigenvalue weighted by atomic mass is 35.5. The summed E-state index contributed by atoms with van der Waals surface area (Å²) in [6.45, 7) is 0. The van der Waals surface area contributed by atoms with E-state index in [1.165, 1.54) is 24.6 Å². The summed E-state index contributed by atoms with van der Waals surface area (Å²) in [6, 6.07) is 4.08. The van der Waals surface area contributed by atoms with Gasteiger partial charge in [0.15, 0.2) is 0 Å². The molecule has 1 amide bonds. The van der Waals surface area contributed by atoms with Crippen molar-refractivity contribution in [2.75, 3.05) is 5.32 Å². The molecule has 0 heterocycles. The van der Waals surface area contributed by atoms with Crippen LogP contribution in [0.15, 0.2) is 18.2 Å². The summed E-state index contributed by atoms with van der Waals surface area (Å²) < 4.78 is 0. The highest BCUT2D eigenvalue weighted by Crippen LogP contribution is 2.48. The number of carbonyl (C=O) groups is 1. The molecule has 0 aliphatic heterocycles. The number of nitro groups is 1. The Morgan fingerprint density at radius 3 is 2.75 bits per heavy atom. The van der Waals surface area contributed by atoms with Crippen LogP contribution in [-0.4, -0.2) is 10.8 Å². The number of hydrogen-bond acceptors (Lipinski definition) is 3. The molecule has 2 fully saturated rings. The van der Waals surface area contributed by atoms with Gasteiger partial charge in [-0.15, -0.1) is 0 Å². The third-order valence-electron chi connectivity index (χ3n) is 4.49. The fourth-order valence-corrected chi connectivity index (χ4v) is 3.68. The Labute approximate surface area is 121 Å². The number of nitrogens with zero attached hydrogens (tertiary/aromatic N) is 1. The zero-order chi connectivity index (χ0) is 14.3. The zero-order valence-electron chi connectivity index (χ0n) is 10.8. The van der Waals surface area contributed by atoms with Crippen LogP contribution in [-0.2, 0) is 4.79 Å². The van der Waals surface area contributed by atoms with Crippen LogP contribution in [0.1, 0.15) is 25.7 Å². The van der Waals surface area contributed by atoms with Crippen molar-refractivity contribution in [3.8, 4) is 0 Å².